The Morgan fingerprint density at radius 2 is 1.97 bits per heavy atom. The first-order valence-electron chi connectivity index (χ1n) is 9.04. The molecule has 1 N–H and O–H groups in total. The van der Waals surface area contributed by atoms with Crippen LogP contribution in [-0.4, -0.2) is 44.4 Å². The maximum absolute atomic E-state index is 12.4. The van der Waals surface area contributed by atoms with Crippen molar-refractivity contribution < 1.29 is 14.3 Å². The van der Waals surface area contributed by atoms with E-state index < -0.39 is 5.97 Å². The Morgan fingerprint density at radius 3 is 2.76 bits per heavy atom. The number of aromatic nitrogens is 4. The van der Waals surface area contributed by atoms with Gasteiger partial charge in [0.15, 0.2) is 0 Å². The van der Waals surface area contributed by atoms with Gasteiger partial charge in [-0.3, -0.25) is 4.79 Å². The Morgan fingerprint density at radius 1 is 1.17 bits per heavy atom. The number of hydrogen-bond acceptors (Lipinski definition) is 7. The van der Waals surface area contributed by atoms with E-state index in [1.165, 1.54) is 11.8 Å². The van der Waals surface area contributed by atoms with Crippen molar-refractivity contribution in [3.8, 4) is 5.69 Å². The molecule has 1 heterocycles. The number of esters is 1. The minimum atomic E-state index is -0.477. The number of benzene rings is 2. The summed E-state index contributed by atoms with van der Waals surface area (Å²) in [6, 6.07) is 12.7. The summed E-state index contributed by atoms with van der Waals surface area (Å²) in [5.74, 6) is -0.667. The highest BCUT2D eigenvalue weighted by Gasteiger charge is 2.16. The Kier molecular flexibility index (Phi) is 6.61. The van der Waals surface area contributed by atoms with Gasteiger partial charge in [-0.25, -0.2) is 4.79 Å². The number of nitrogens with one attached hydrogen (secondary N) is 1. The van der Waals surface area contributed by atoms with Crippen molar-refractivity contribution in [1.29, 1.82) is 0 Å². The number of para-hydroxylation sites is 1. The summed E-state index contributed by atoms with van der Waals surface area (Å²) in [4.78, 5) is 24.5. The van der Waals surface area contributed by atoms with Gasteiger partial charge >= 0.3 is 5.97 Å². The standard InChI is InChI=1S/C20H21N5O3S/c1-4-28-19(27)15-7-5-6-8-16(15)21-18(26)12-29-20-22-23-24-25(20)17-11-13(2)9-10-14(17)3/h5-11H,4,12H2,1-3H3,(H,21,26). The highest BCUT2D eigenvalue weighted by atomic mass is 32.2. The second-order valence-corrected chi connectivity index (χ2v) is 7.21. The third-order valence-corrected chi connectivity index (χ3v) is 4.98. The molecule has 1 aromatic heterocycles. The number of tetrazole rings is 1. The highest BCUT2D eigenvalue weighted by Crippen LogP contribution is 2.22. The van der Waals surface area contributed by atoms with Crippen molar-refractivity contribution >= 4 is 29.3 Å². The molecule has 3 rings (SSSR count). The van der Waals surface area contributed by atoms with Gasteiger partial charge in [0.1, 0.15) is 0 Å². The van der Waals surface area contributed by atoms with Gasteiger partial charge in [0, 0.05) is 0 Å². The van der Waals surface area contributed by atoms with Crippen LogP contribution in [0.3, 0.4) is 0 Å². The van der Waals surface area contributed by atoms with Crippen molar-refractivity contribution in [1.82, 2.24) is 20.2 Å². The van der Waals surface area contributed by atoms with E-state index in [0.717, 1.165) is 16.8 Å². The Balaban J connectivity index is 1.70. The van der Waals surface area contributed by atoms with Crippen LogP contribution in [-0.2, 0) is 9.53 Å². The lowest BCUT2D eigenvalue weighted by Gasteiger charge is -2.11. The number of rotatable bonds is 7. The third kappa shape index (κ3) is 5.00. The Labute approximate surface area is 172 Å². The lowest BCUT2D eigenvalue weighted by atomic mass is 10.1. The minimum absolute atomic E-state index is 0.0857. The van der Waals surface area contributed by atoms with E-state index in [4.69, 9.17) is 4.74 Å². The predicted octanol–water partition coefficient (Wildman–Crippen LogP) is 3.19. The molecule has 0 aliphatic heterocycles. The fourth-order valence-corrected chi connectivity index (χ4v) is 3.35. The SMILES string of the molecule is CCOC(=O)c1ccccc1NC(=O)CSc1nnnn1-c1cc(C)ccc1C. The van der Waals surface area contributed by atoms with Crippen LogP contribution in [0.25, 0.3) is 5.69 Å². The van der Waals surface area contributed by atoms with E-state index in [0.29, 0.717) is 16.4 Å². The van der Waals surface area contributed by atoms with Crippen LogP contribution in [0.4, 0.5) is 5.69 Å². The van der Waals surface area contributed by atoms with Crippen molar-refractivity contribution in [3.63, 3.8) is 0 Å². The van der Waals surface area contributed by atoms with Gasteiger partial charge in [-0.05, 0) is 60.5 Å². The molecule has 8 nitrogen and oxygen atoms in total. The molecule has 9 heteroatoms. The second kappa shape index (κ2) is 9.33. The monoisotopic (exact) mass is 411 g/mol. The molecular formula is C20H21N5O3S. The van der Waals surface area contributed by atoms with Gasteiger partial charge in [0.2, 0.25) is 11.1 Å². The Bertz CT molecular complexity index is 1030. The molecule has 0 aliphatic rings. The van der Waals surface area contributed by atoms with Crippen molar-refractivity contribution in [3.05, 3.63) is 59.2 Å². The number of amides is 1. The lowest BCUT2D eigenvalue weighted by molar-refractivity contribution is -0.113. The number of carbonyl (C=O) groups is 2. The van der Waals surface area contributed by atoms with Gasteiger partial charge in [-0.1, -0.05) is 36.0 Å². The van der Waals surface area contributed by atoms with E-state index >= 15 is 0 Å². The van der Waals surface area contributed by atoms with E-state index in [2.05, 4.69) is 20.8 Å². The first kappa shape index (κ1) is 20.5. The first-order valence-corrected chi connectivity index (χ1v) is 10.0. The fourth-order valence-electron chi connectivity index (χ4n) is 2.66. The summed E-state index contributed by atoms with van der Waals surface area (Å²) < 4.78 is 6.65. The molecule has 0 aliphatic carbocycles. The van der Waals surface area contributed by atoms with Gasteiger partial charge < -0.3 is 10.1 Å². The maximum Gasteiger partial charge on any atom is 0.340 e. The molecule has 0 radical (unpaired) electrons. The minimum Gasteiger partial charge on any atom is -0.462 e. The molecule has 150 valence electrons. The molecular weight excluding hydrogens is 390 g/mol. The number of carbonyl (C=O) groups excluding carboxylic acids is 2. The van der Waals surface area contributed by atoms with Crippen molar-refractivity contribution in [2.75, 3.05) is 17.7 Å². The average molecular weight is 411 g/mol. The van der Waals surface area contributed by atoms with Crippen LogP contribution < -0.4 is 5.32 Å². The molecule has 0 saturated heterocycles. The molecule has 0 spiro atoms. The quantitative estimate of drug-likeness (QED) is 0.471. The molecule has 0 bridgehead atoms. The second-order valence-electron chi connectivity index (χ2n) is 6.27. The van der Waals surface area contributed by atoms with Gasteiger partial charge in [0.25, 0.3) is 0 Å². The zero-order chi connectivity index (χ0) is 20.8. The number of hydrogen-bond donors (Lipinski definition) is 1. The maximum atomic E-state index is 12.4. The molecule has 0 unspecified atom stereocenters. The number of anilines is 1. The number of ether oxygens (including phenoxy) is 1. The van der Waals surface area contributed by atoms with E-state index in [9.17, 15) is 9.59 Å². The van der Waals surface area contributed by atoms with Crippen LogP contribution in [0.2, 0.25) is 0 Å². The van der Waals surface area contributed by atoms with Gasteiger partial charge in [-0.2, -0.15) is 4.68 Å². The molecule has 0 fully saturated rings. The normalized spacial score (nSPS) is 10.6. The van der Waals surface area contributed by atoms with Crippen LogP contribution in [0.5, 0.6) is 0 Å². The summed E-state index contributed by atoms with van der Waals surface area (Å²) in [5, 5.41) is 15.1. The average Bonchev–Trinajstić information content (AvgIpc) is 3.17. The molecule has 3 aromatic rings. The van der Waals surface area contributed by atoms with Crippen molar-refractivity contribution in [2.45, 2.75) is 25.9 Å². The van der Waals surface area contributed by atoms with Gasteiger partial charge in [-0.15, -0.1) is 5.10 Å². The predicted molar refractivity (Wildman–Crippen MR) is 110 cm³/mol. The van der Waals surface area contributed by atoms with Gasteiger partial charge in [0.05, 0.1) is 29.3 Å². The highest BCUT2D eigenvalue weighted by molar-refractivity contribution is 7.99. The lowest BCUT2D eigenvalue weighted by Crippen LogP contribution is -2.17. The van der Waals surface area contributed by atoms with Crippen LogP contribution in [0.15, 0.2) is 47.6 Å². The largest absolute Gasteiger partial charge is 0.462 e. The van der Waals surface area contributed by atoms with Crippen LogP contribution in [0, 0.1) is 13.8 Å². The molecule has 1 amide bonds. The summed E-state index contributed by atoms with van der Waals surface area (Å²) >= 11 is 1.21. The first-order chi connectivity index (χ1) is 14.0. The zero-order valence-electron chi connectivity index (χ0n) is 16.4. The molecule has 2 aromatic carbocycles. The van der Waals surface area contributed by atoms with Crippen molar-refractivity contribution in [2.24, 2.45) is 0 Å². The summed E-state index contributed by atoms with van der Waals surface area (Å²) in [5.41, 5.74) is 3.70. The van der Waals surface area contributed by atoms with E-state index in [1.807, 2.05) is 32.0 Å². The summed E-state index contributed by atoms with van der Waals surface area (Å²) in [7, 11) is 0. The zero-order valence-corrected chi connectivity index (χ0v) is 17.2. The van der Waals surface area contributed by atoms with Crippen LogP contribution >= 0.6 is 11.8 Å². The molecule has 0 atom stereocenters. The molecule has 0 saturated carbocycles. The van der Waals surface area contributed by atoms with E-state index in [1.54, 1.807) is 35.9 Å². The number of thioether (sulfide) groups is 1. The Hall–Kier alpha value is -3.20. The topological polar surface area (TPSA) is 99.0 Å². The van der Waals surface area contributed by atoms with Crippen LogP contribution in [0.1, 0.15) is 28.4 Å². The summed E-state index contributed by atoms with van der Waals surface area (Å²) in [6.45, 7) is 5.96. The van der Waals surface area contributed by atoms with E-state index in [-0.39, 0.29) is 18.3 Å². The third-order valence-electron chi connectivity index (χ3n) is 4.06. The molecule has 29 heavy (non-hydrogen) atoms. The smallest absolute Gasteiger partial charge is 0.340 e. The summed E-state index contributed by atoms with van der Waals surface area (Å²) in [6.07, 6.45) is 0. The number of aryl methyl sites for hydroxylation is 2. The fraction of sp³-hybridized carbons (Fsp3) is 0.250. The number of nitrogens with zero attached hydrogens (tertiary/aromatic N) is 4.